The lowest BCUT2D eigenvalue weighted by molar-refractivity contribution is -0.123. The van der Waals surface area contributed by atoms with Crippen LogP contribution in [0.25, 0.3) is 5.69 Å². The molecule has 3 aromatic rings. The van der Waals surface area contributed by atoms with Gasteiger partial charge < -0.3 is 10.1 Å². The summed E-state index contributed by atoms with van der Waals surface area (Å²) < 4.78 is 7.10. The quantitative estimate of drug-likeness (QED) is 0.613. The zero-order valence-electron chi connectivity index (χ0n) is 17.4. The van der Waals surface area contributed by atoms with Crippen molar-refractivity contribution in [2.45, 2.75) is 45.6 Å². The summed E-state index contributed by atoms with van der Waals surface area (Å²) in [7, 11) is 0. The minimum absolute atomic E-state index is 0.328. The summed E-state index contributed by atoms with van der Waals surface area (Å²) in [6, 6.07) is 17.0. The van der Waals surface area contributed by atoms with Crippen LogP contribution in [0.3, 0.4) is 0 Å². The van der Waals surface area contributed by atoms with E-state index in [1.807, 2.05) is 62.4 Å². The van der Waals surface area contributed by atoms with Crippen LogP contribution in [0.15, 0.2) is 54.6 Å². The van der Waals surface area contributed by atoms with Crippen LogP contribution in [-0.2, 0) is 9.53 Å². The monoisotopic (exact) mass is 403 g/mol. The summed E-state index contributed by atoms with van der Waals surface area (Å²) in [5, 5.41) is 7.45. The third-order valence-corrected chi connectivity index (χ3v) is 5.23. The molecule has 1 saturated carbocycles. The van der Waals surface area contributed by atoms with Crippen molar-refractivity contribution in [2.24, 2.45) is 0 Å². The number of para-hydroxylation sites is 1. The van der Waals surface area contributed by atoms with E-state index in [1.54, 1.807) is 17.7 Å². The lowest BCUT2D eigenvalue weighted by Crippen LogP contribution is -2.30. The Hall–Kier alpha value is -3.41. The maximum absolute atomic E-state index is 12.9. The number of carbonyl (C=O) groups excluding carboxylic acids is 2. The molecule has 0 unspecified atom stereocenters. The average Bonchev–Trinajstić information content (AvgIpc) is 3.48. The predicted octanol–water partition coefficient (Wildman–Crippen LogP) is 4.55. The number of hydrogen-bond acceptors (Lipinski definition) is 4. The van der Waals surface area contributed by atoms with Crippen molar-refractivity contribution in [3.63, 3.8) is 0 Å². The third-order valence-electron chi connectivity index (χ3n) is 5.23. The molecule has 1 amide bonds. The summed E-state index contributed by atoms with van der Waals surface area (Å²) in [4.78, 5) is 25.5. The number of nitrogens with one attached hydrogen (secondary N) is 1. The normalized spacial score (nSPS) is 14.2. The van der Waals surface area contributed by atoms with Gasteiger partial charge in [-0.2, -0.15) is 5.10 Å². The minimum atomic E-state index is -0.943. The van der Waals surface area contributed by atoms with Crippen molar-refractivity contribution in [3.05, 3.63) is 77.1 Å². The molecule has 2 aromatic carbocycles. The molecule has 1 N–H and O–H groups in total. The van der Waals surface area contributed by atoms with Gasteiger partial charge in [-0.25, -0.2) is 9.48 Å². The number of aryl methyl sites for hydroxylation is 2. The van der Waals surface area contributed by atoms with Gasteiger partial charge in [0.1, 0.15) is 0 Å². The first kappa shape index (κ1) is 19.9. The number of carbonyl (C=O) groups is 2. The Morgan fingerprint density at radius 2 is 1.83 bits per heavy atom. The summed E-state index contributed by atoms with van der Waals surface area (Å²) in [5.41, 5.74) is 4.78. The molecule has 1 aliphatic rings. The number of anilines is 1. The maximum atomic E-state index is 12.9. The SMILES string of the molecule is Cc1ccc(NC(=O)[C@H](C)OC(=O)c2cc(C3CC3)nn2-c2ccccc2)c(C)c1. The van der Waals surface area contributed by atoms with Crippen LogP contribution in [-0.4, -0.2) is 27.8 Å². The highest BCUT2D eigenvalue weighted by atomic mass is 16.5. The lowest BCUT2D eigenvalue weighted by Gasteiger charge is -2.15. The number of rotatable bonds is 6. The molecule has 30 heavy (non-hydrogen) atoms. The molecule has 0 spiro atoms. The van der Waals surface area contributed by atoms with Crippen LogP contribution in [0.1, 0.15) is 53.0 Å². The van der Waals surface area contributed by atoms with Gasteiger partial charge in [-0.3, -0.25) is 4.79 Å². The second-order valence-electron chi connectivity index (χ2n) is 7.83. The number of nitrogens with zero attached hydrogens (tertiary/aromatic N) is 2. The van der Waals surface area contributed by atoms with E-state index in [2.05, 4.69) is 10.4 Å². The fourth-order valence-electron chi connectivity index (χ4n) is 3.35. The fraction of sp³-hybridized carbons (Fsp3) is 0.292. The molecule has 6 nitrogen and oxygen atoms in total. The van der Waals surface area contributed by atoms with Crippen molar-refractivity contribution in [1.82, 2.24) is 9.78 Å². The van der Waals surface area contributed by atoms with Crippen LogP contribution in [0, 0.1) is 13.8 Å². The van der Waals surface area contributed by atoms with Gasteiger partial charge in [0.15, 0.2) is 11.8 Å². The van der Waals surface area contributed by atoms with Crippen molar-refractivity contribution in [1.29, 1.82) is 0 Å². The molecule has 0 bridgehead atoms. The van der Waals surface area contributed by atoms with Crippen molar-refractivity contribution in [2.75, 3.05) is 5.32 Å². The van der Waals surface area contributed by atoms with Gasteiger partial charge >= 0.3 is 5.97 Å². The summed E-state index contributed by atoms with van der Waals surface area (Å²) in [6.45, 7) is 5.49. The van der Waals surface area contributed by atoms with Crippen LogP contribution in [0.4, 0.5) is 5.69 Å². The van der Waals surface area contributed by atoms with E-state index >= 15 is 0 Å². The van der Waals surface area contributed by atoms with Gasteiger partial charge in [0, 0.05) is 11.6 Å². The lowest BCUT2D eigenvalue weighted by atomic mass is 10.1. The smallest absolute Gasteiger partial charge is 0.357 e. The first-order chi connectivity index (χ1) is 14.4. The van der Waals surface area contributed by atoms with E-state index in [1.165, 1.54) is 0 Å². The number of amides is 1. The predicted molar refractivity (Wildman–Crippen MR) is 115 cm³/mol. The Labute approximate surface area is 175 Å². The van der Waals surface area contributed by atoms with Gasteiger partial charge in [0.2, 0.25) is 0 Å². The van der Waals surface area contributed by atoms with E-state index in [0.717, 1.165) is 35.3 Å². The average molecular weight is 403 g/mol. The molecule has 4 rings (SSSR count). The van der Waals surface area contributed by atoms with Crippen LogP contribution in [0.2, 0.25) is 0 Å². The molecule has 1 aromatic heterocycles. The Balaban J connectivity index is 1.51. The standard InChI is InChI=1S/C24H25N3O3/c1-15-9-12-20(16(2)13-15)25-23(28)17(3)30-24(29)22-14-21(18-10-11-18)26-27(22)19-7-5-4-6-8-19/h4-9,12-14,17-18H,10-11H2,1-3H3,(H,25,28)/t17-/m0/s1. The zero-order chi connectivity index (χ0) is 21.3. The second-order valence-corrected chi connectivity index (χ2v) is 7.83. The molecule has 1 atom stereocenters. The van der Waals surface area contributed by atoms with E-state index in [0.29, 0.717) is 17.3 Å². The molecule has 0 saturated heterocycles. The van der Waals surface area contributed by atoms with Gasteiger partial charge in [0.25, 0.3) is 5.91 Å². The number of hydrogen-bond donors (Lipinski definition) is 1. The van der Waals surface area contributed by atoms with E-state index in [-0.39, 0.29) is 5.91 Å². The number of benzene rings is 2. The first-order valence-corrected chi connectivity index (χ1v) is 10.2. The van der Waals surface area contributed by atoms with Gasteiger partial charge in [0.05, 0.1) is 11.4 Å². The Morgan fingerprint density at radius 3 is 2.50 bits per heavy atom. The van der Waals surface area contributed by atoms with Gasteiger partial charge in [-0.1, -0.05) is 35.9 Å². The summed E-state index contributed by atoms with van der Waals surface area (Å²) in [5.74, 6) is -0.545. The van der Waals surface area contributed by atoms with Crippen molar-refractivity contribution in [3.8, 4) is 5.69 Å². The van der Waals surface area contributed by atoms with Crippen LogP contribution in [0.5, 0.6) is 0 Å². The van der Waals surface area contributed by atoms with E-state index in [9.17, 15) is 9.59 Å². The molecule has 0 radical (unpaired) electrons. The highest BCUT2D eigenvalue weighted by molar-refractivity contribution is 5.97. The first-order valence-electron chi connectivity index (χ1n) is 10.2. The number of ether oxygens (including phenoxy) is 1. The fourth-order valence-corrected chi connectivity index (χ4v) is 3.35. The molecule has 1 fully saturated rings. The molecule has 6 heteroatoms. The van der Waals surface area contributed by atoms with Gasteiger partial charge in [-0.05, 0) is 63.4 Å². The summed E-state index contributed by atoms with van der Waals surface area (Å²) in [6.07, 6.45) is 1.21. The molecule has 1 aliphatic carbocycles. The number of esters is 1. The largest absolute Gasteiger partial charge is 0.448 e. The molecule has 0 aliphatic heterocycles. The van der Waals surface area contributed by atoms with E-state index < -0.39 is 12.1 Å². The summed E-state index contributed by atoms with van der Waals surface area (Å²) >= 11 is 0. The van der Waals surface area contributed by atoms with Crippen LogP contribution < -0.4 is 5.32 Å². The van der Waals surface area contributed by atoms with Crippen molar-refractivity contribution < 1.29 is 14.3 Å². The Bertz CT molecular complexity index is 1080. The maximum Gasteiger partial charge on any atom is 0.357 e. The Kier molecular flexibility index (Phi) is 5.40. The molecule has 1 heterocycles. The highest BCUT2D eigenvalue weighted by Crippen LogP contribution is 2.39. The second kappa shape index (κ2) is 8.14. The highest BCUT2D eigenvalue weighted by Gasteiger charge is 2.30. The molecular formula is C24H25N3O3. The zero-order valence-corrected chi connectivity index (χ0v) is 17.4. The third kappa shape index (κ3) is 4.27. The van der Waals surface area contributed by atoms with E-state index in [4.69, 9.17) is 4.74 Å². The molecule has 154 valence electrons. The number of aromatic nitrogens is 2. The van der Waals surface area contributed by atoms with Crippen molar-refractivity contribution >= 4 is 17.6 Å². The Morgan fingerprint density at radius 1 is 1.10 bits per heavy atom. The van der Waals surface area contributed by atoms with Gasteiger partial charge in [-0.15, -0.1) is 0 Å². The molecular weight excluding hydrogens is 378 g/mol. The topological polar surface area (TPSA) is 73.2 Å². The minimum Gasteiger partial charge on any atom is -0.448 e. The van der Waals surface area contributed by atoms with Crippen LogP contribution >= 0.6 is 0 Å².